The Balaban J connectivity index is 2.12. The first kappa shape index (κ1) is 12.1. The van der Waals surface area contributed by atoms with Crippen molar-refractivity contribution in [1.29, 1.82) is 0 Å². The largest absolute Gasteiger partial charge is 0.433 e. The standard InChI is InChI=1S/C13H9ClFN3O/c14-9-3-8(15)4-11-12(9)19-13(18-11)10-2-1-7(5-16)6-17-10/h1-4,6H,5,16H2. The van der Waals surface area contributed by atoms with Crippen molar-refractivity contribution in [2.75, 3.05) is 0 Å². The van der Waals surface area contributed by atoms with Crippen molar-refractivity contribution in [3.05, 3.63) is 46.9 Å². The fourth-order valence-corrected chi connectivity index (χ4v) is 1.98. The van der Waals surface area contributed by atoms with Gasteiger partial charge in [-0.2, -0.15) is 0 Å². The van der Waals surface area contributed by atoms with Gasteiger partial charge in [-0.3, -0.25) is 4.98 Å². The summed E-state index contributed by atoms with van der Waals surface area (Å²) in [4.78, 5) is 8.37. The topological polar surface area (TPSA) is 64.9 Å². The van der Waals surface area contributed by atoms with Crippen LogP contribution in [0.5, 0.6) is 0 Å². The van der Waals surface area contributed by atoms with Gasteiger partial charge in [0.1, 0.15) is 17.0 Å². The van der Waals surface area contributed by atoms with Gasteiger partial charge in [0.25, 0.3) is 0 Å². The zero-order valence-electron chi connectivity index (χ0n) is 9.73. The van der Waals surface area contributed by atoms with E-state index in [0.29, 0.717) is 29.2 Å². The molecule has 0 saturated heterocycles. The summed E-state index contributed by atoms with van der Waals surface area (Å²) in [6.07, 6.45) is 1.65. The third-order valence-corrected chi connectivity index (χ3v) is 2.97. The number of rotatable bonds is 2. The van der Waals surface area contributed by atoms with Gasteiger partial charge in [0, 0.05) is 18.8 Å². The minimum Gasteiger partial charge on any atom is -0.433 e. The lowest BCUT2D eigenvalue weighted by atomic mass is 10.2. The van der Waals surface area contributed by atoms with Crippen LogP contribution in [0.2, 0.25) is 5.02 Å². The Morgan fingerprint density at radius 1 is 1.32 bits per heavy atom. The number of halogens is 2. The van der Waals surface area contributed by atoms with E-state index < -0.39 is 5.82 Å². The van der Waals surface area contributed by atoms with Gasteiger partial charge in [-0.1, -0.05) is 17.7 Å². The molecule has 0 fully saturated rings. The Labute approximate surface area is 113 Å². The van der Waals surface area contributed by atoms with E-state index in [1.54, 1.807) is 12.3 Å². The summed E-state index contributed by atoms with van der Waals surface area (Å²) < 4.78 is 18.7. The van der Waals surface area contributed by atoms with Crippen LogP contribution >= 0.6 is 11.6 Å². The maximum absolute atomic E-state index is 13.2. The van der Waals surface area contributed by atoms with Gasteiger partial charge in [0.05, 0.1) is 5.02 Å². The number of nitrogens with zero attached hydrogens (tertiary/aromatic N) is 2. The van der Waals surface area contributed by atoms with E-state index in [1.807, 2.05) is 6.07 Å². The number of hydrogen-bond donors (Lipinski definition) is 1. The highest BCUT2D eigenvalue weighted by Gasteiger charge is 2.13. The summed E-state index contributed by atoms with van der Waals surface area (Å²) in [7, 11) is 0. The van der Waals surface area contributed by atoms with Gasteiger partial charge in [0.15, 0.2) is 5.58 Å². The fraction of sp³-hybridized carbons (Fsp3) is 0.0769. The SMILES string of the molecule is NCc1ccc(-c2nc3cc(F)cc(Cl)c3o2)nc1. The molecule has 3 aromatic rings. The van der Waals surface area contributed by atoms with Gasteiger partial charge < -0.3 is 10.2 Å². The van der Waals surface area contributed by atoms with Crippen molar-refractivity contribution in [2.24, 2.45) is 5.73 Å². The third-order valence-electron chi connectivity index (χ3n) is 2.69. The average Bonchev–Trinajstić information content (AvgIpc) is 2.83. The second-order valence-corrected chi connectivity index (χ2v) is 4.42. The van der Waals surface area contributed by atoms with Crippen LogP contribution in [-0.2, 0) is 6.54 Å². The highest BCUT2D eigenvalue weighted by atomic mass is 35.5. The van der Waals surface area contributed by atoms with Crippen LogP contribution in [0.25, 0.3) is 22.7 Å². The highest BCUT2D eigenvalue weighted by Crippen LogP contribution is 2.29. The van der Waals surface area contributed by atoms with Gasteiger partial charge in [-0.25, -0.2) is 9.37 Å². The molecule has 0 bridgehead atoms. The van der Waals surface area contributed by atoms with E-state index in [0.717, 1.165) is 5.56 Å². The molecule has 0 amide bonds. The summed E-state index contributed by atoms with van der Waals surface area (Å²) in [5.41, 5.74) is 7.67. The maximum atomic E-state index is 13.2. The van der Waals surface area contributed by atoms with Crippen LogP contribution in [0.4, 0.5) is 4.39 Å². The molecule has 0 saturated carbocycles. The van der Waals surface area contributed by atoms with Crippen molar-refractivity contribution in [2.45, 2.75) is 6.54 Å². The maximum Gasteiger partial charge on any atom is 0.246 e. The zero-order chi connectivity index (χ0) is 13.4. The summed E-state index contributed by atoms with van der Waals surface area (Å²) >= 11 is 5.90. The minimum atomic E-state index is -0.455. The van der Waals surface area contributed by atoms with E-state index in [2.05, 4.69) is 9.97 Å². The van der Waals surface area contributed by atoms with Crippen molar-refractivity contribution in [3.8, 4) is 11.6 Å². The molecular formula is C13H9ClFN3O. The van der Waals surface area contributed by atoms with Crippen molar-refractivity contribution in [3.63, 3.8) is 0 Å². The van der Waals surface area contributed by atoms with E-state index in [1.165, 1.54) is 12.1 Å². The highest BCUT2D eigenvalue weighted by molar-refractivity contribution is 6.34. The van der Waals surface area contributed by atoms with Crippen molar-refractivity contribution < 1.29 is 8.81 Å². The molecule has 19 heavy (non-hydrogen) atoms. The molecule has 3 rings (SSSR count). The summed E-state index contributed by atoms with van der Waals surface area (Å²) in [6.45, 7) is 0.415. The monoisotopic (exact) mass is 277 g/mol. The molecule has 0 radical (unpaired) electrons. The molecule has 2 aromatic heterocycles. The molecule has 0 spiro atoms. The number of benzene rings is 1. The second kappa shape index (κ2) is 4.60. The predicted octanol–water partition coefficient (Wildman–Crippen LogP) is 3.14. The van der Waals surface area contributed by atoms with E-state index in [-0.39, 0.29) is 5.02 Å². The quantitative estimate of drug-likeness (QED) is 0.781. The normalized spacial score (nSPS) is 11.1. The lowest BCUT2D eigenvalue weighted by Gasteiger charge is -1.96. The Morgan fingerprint density at radius 3 is 2.84 bits per heavy atom. The molecule has 0 aliphatic carbocycles. The number of oxazole rings is 1. The van der Waals surface area contributed by atoms with E-state index in [9.17, 15) is 4.39 Å². The zero-order valence-corrected chi connectivity index (χ0v) is 10.5. The Bertz CT molecular complexity index is 739. The first-order valence-electron chi connectivity index (χ1n) is 5.58. The van der Waals surface area contributed by atoms with Gasteiger partial charge in [0.2, 0.25) is 5.89 Å². The summed E-state index contributed by atoms with van der Waals surface area (Å²) in [5.74, 6) is -0.158. The molecule has 1 aromatic carbocycles. The number of aromatic nitrogens is 2. The van der Waals surface area contributed by atoms with Gasteiger partial charge in [-0.15, -0.1) is 0 Å². The molecule has 2 N–H and O–H groups in total. The van der Waals surface area contributed by atoms with Crippen LogP contribution < -0.4 is 5.73 Å². The lowest BCUT2D eigenvalue weighted by Crippen LogP contribution is -1.96. The molecule has 0 atom stereocenters. The van der Waals surface area contributed by atoms with Crippen LogP contribution in [0.1, 0.15) is 5.56 Å². The molecule has 0 aliphatic heterocycles. The smallest absolute Gasteiger partial charge is 0.246 e. The van der Waals surface area contributed by atoms with Gasteiger partial charge in [-0.05, 0) is 17.7 Å². The minimum absolute atomic E-state index is 0.187. The number of pyridine rings is 1. The summed E-state index contributed by atoms with van der Waals surface area (Å²) in [6, 6.07) is 6.03. The van der Waals surface area contributed by atoms with Crippen LogP contribution in [0.15, 0.2) is 34.9 Å². The lowest BCUT2D eigenvalue weighted by molar-refractivity contribution is 0.612. The van der Waals surface area contributed by atoms with Crippen LogP contribution in [-0.4, -0.2) is 9.97 Å². The summed E-state index contributed by atoms with van der Waals surface area (Å²) in [5, 5.41) is 0.187. The van der Waals surface area contributed by atoms with Crippen molar-refractivity contribution >= 4 is 22.7 Å². The predicted molar refractivity (Wildman–Crippen MR) is 70.1 cm³/mol. The second-order valence-electron chi connectivity index (χ2n) is 4.01. The molecule has 4 nitrogen and oxygen atoms in total. The number of hydrogen-bond acceptors (Lipinski definition) is 4. The Morgan fingerprint density at radius 2 is 2.16 bits per heavy atom. The fourth-order valence-electron chi connectivity index (χ4n) is 1.74. The van der Waals surface area contributed by atoms with E-state index in [4.69, 9.17) is 21.8 Å². The van der Waals surface area contributed by atoms with Crippen molar-refractivity contribution in [1.82, 2.24) is 9.97 Å². The molecule has 0 unspecified atom stereocenters. The van der Waals surface area contributed by atoms with Crippen LogP contribution in [0.3, 0.4) is 0 Å². The molecule has 2 heterocycles. The first-order valence-corrected chi connectivity index (χ1v) is 5.96. The molecule has 0 aliphatic rings. The average molecular weight is 278 g/mol. The third kappa shape index (κ3) is 2.18. The van der Waals surface area contributed by atoms with Crippen LogP contribution in [0, 0.1) is 5.82 Å². The number of nitrogens with two attached hydrogens (primary N) is 1. The molecule has 6 heteroatoms. The first-order chi connectivity index (χ1) is 9.17. The number of fused-ring (bicyclic) bond motifs is 1. The molecule has 96 valence electrons. The van der Waals surface area contributed by atoms with Gasteiger partial charge >= 0.3 is 0 Å². The van der Waals surface area contributed by atoms with E-state index >= 15 is 0 Å². The Hall–Kier alpha value is -1.98. The Kier molecular flexibility index (Phi) is 2.93. The molecular weight excluding hydrogens is 269 g/mol.